The summed E-state index contributed by atoms with van der Waals surface area (Å²) in [4.78, 5) is 35.2. The minimum atomic E-state index is -0.408. The molecule has 0 spiro atoms. The maximum atomic E-state index is 13.7. The number of thiazole rings is 1. The molecule has 5 rings (SSSR count). The van der Waals surface area contributed by atoms with Crippen molar-refractivity contribution in [3.63, 3.8) is 0 Å². The molecule has 37 heavy (non-hydrogen) atoms. The van der Waals surface area contributed by atoms with E-state index in [1.165, 1.54) is 11.3 Å². The maximum absolute atomic E-state index is 13.7. The van der Waals surface area contributed by atoms with Crippen molar-refractivity contribution in [2.75, 3.05) is 31.5 Å². The SMILES string of the molecule is CC(C)(C)n1nc(C(=O)N2CCN(C3CCCC[C@H]3O)CC2)c2sc(NC(=O)c3cccc(Cl)c3)nc21. The van der Waals surface area contributed by atoms with Crippen molar-refractivity contribution in [2.24, 2.45) is 0 Å². The average Bonchev–Trinajstić information content (AvgIpc) is 3.42. The maximum Gasteiger partial charge on any atom is 0.276 e. The zero-order valence-corrected chi connectivity index (χ0v) is 23.0. The molecule has 3 heterocycles. The number of hydrogen-bond acceptors (Lipinski definition) is 7. The van der Waals surface area contributed by atoms with Gasteiger partial charge in [0, 0.05) is 42.8 Å². The molecule has 0 bridgehead atoms. The van der Waals surface area contributed by atoms with E-state index < -0.39 is 5.54 Å². The third kappa shape index (κ3) is 5.38. The fourth-order valence-corrected chi connectivity index (χ4v) is 6.29. The predicted molar refractivity (Wildman–Crippen MR) is 146 cm³/mol. The van der Waals surface area contributed by atoms with E-state index in [1.807, 2.05) is 25.7 Å². The molecule has 2 aliphatic rings. The molecule has 1 aliphatic heterocycles. The highest BCUT2D eigenvalue weighted by atomic mass is 35.5. The Morgan fingerprint density at radius 3 is 2.54 bits per heavy atom. The van der Waals surface area contributed by atoms with E-state index in [2.05, 4.69) is 15.2 Å². The number of nitrogens with zero attached hydrogens (tertiary/aromatic N) is 5. The van der Waals surface area contributed by atoms with Crippen molar-refractivity contribution in [2.45, 2.75) is 64.1 Å². The molecule has 1 unspecified atom stereocenters. The summed E-state index contributed by atoms with van der Waals surface area (Å²) in [6, 6.07) is 6.90. The van der Waals surface area contributed by atoms with Crippen LogP contribution in [0.25, 0.3) is 10.3 Å². The normalized spacial score (nSPS) is 21.4. The standard InChI is InChI=1S/C26H33ClN6O3S/c1-26(2,3)33-22-21(37-25(28-22)29-23(35)16-7-6-8-17(27)15-16)20(30-33)24(36)32-13-11-31(12-14-32)18-9-4-5-10-19(18)34/h6-8,15,18-19,34H,4-5,9-14H2,1-3H3,(H,28,29,35)/t18?,19-/m1/s1. The number of aromatic nitrogens is 3. The molecule has 1 saturated carbocycles. The minimum absolute atomic E-state index is 0.131. The van der Waals surface area contributed by atoms with Gasteiger partial charge in [0.05, 0.1) is 11.6 Å². The van der Waals surface area contributed by atoms with E-state index in [0.717, 1.165) is 38.8 Å². The number of benzene rings is 1. The van der Waals surface area contributed by atoms with Gasteiger partial charge in [0.15, 0.2) is 16.5 Å². The number of halogens is 1. The minimum Gasteiger partial charge on any atom is -0.391 e. The second kappa shape index (κ2) is 10.3. The monoisotopic (exact) mass is 544 g/mol. The van der Waals surface area contributed by atoms with Gasteiger partial charge in [-0.3, -0.25) is 19.8 Å². The van der Waals surface area contributed by atoms with Gasteiger partial charge in [-0.05, 0) is 51.8 Å². The quantitative estimate of drug-likeness (QED) is 0.510. The highest BCUT2D eigenvalue weighted by molar-refractivity contribution is 7.22. The Bertz CT molecular complexity index is 1310. The second-order valence-electron chi connectivity index (χ2n) is 10.8. The Hall–Kier alpha value is -2.53. The number of piperazine rings is 1. The number of rotatable bonds is 4. The van der Waals surface area contributed by atoms with Crippen LogP contribution < -0.4 is 5.32 Å². The number of carbonyl (C=O) groups excluding carboxylic acids is 2. The third-order valence-electron chi connectivity index (χ3n) is 7.13. The van der Waals surface area contributed by atoms with Crippen molar-refractivity contribution in [3.05, 3.63) is 40.5 Å². The van der Waals surface area contributed by atoms with E-state index in [4.69, 9.17) is 16.7 Å². The van der Waals surface area contributed by atoms with Crippen molar-refractivity contribution in [1.82, 2.24) is 24.6 Å². The first-order chi connectivity index (χ1) is 17.6. The summed E-state index contributed by atoms with van der Waals surface area (Å²) in [7, 11) is 0. The van der Waals surface area contributed by atoms with E-state index in [9.17, 15) is 14.7 Å². The molecule has 2 N–H and O–H groups in total. The second-order valence-corrected chi connectivity index (χ2v) is 12.3. The Kier molecular flexibility index (Phi) is 7.28. The van der Waals surface area contributed by atoms with Crippen LogP contribution >= 0.6 is 22.9 Å². The topological polar surface area (TPSA) is 104 Å². The van der Waals surface area contributed by atoms with Crippen LogP contribution in [0.5, 0.6) is 0 Å². The van der Waals surface area contributed by atoms with Gasteiger partial charge in [0.2, 0.25) is 0 Å². The van der Waals surface area contributed by atoms with Gasteiger partial charge in [-0.15, -0.1) is 0 Å². The Morgan fingerprint density at radius 1 is 1.14 bits per heavy atom. The van der Waals surface area contributed by atoms with Crippen LogP contribution in [0.1, 0.15) is 67.3 Å². The molecule has 3 aromatic rings. The number of aliphatic hydroxyl groups excluding tert-OH is 1. The molecule has 11 heteroatoms. The molecule has 9 nitrogen and oxygen atoms in total. The van der Waals surface area contributed by atoms with E-state index in [1.54, 1.807) is 28.9 Å². The summed E-state index contributed by atoms with van der Waals surface area (Å²) in [5.74, 6) is -0.448. The number of carbonyl (C=O) groups is 2. The number of aliphatic hydroxyl groups is 1. The van der Waals surface area contributed by atoms with Crippen molar-refractivity contribution < 1.29 is 14.7 Å². The average molecular weight is 545 g/mol. The van der Waals surface area contributed by atoms with Gasteiger partial charge in [-0.25, -0.2) is 4.68 Å². The first-order valence-electron chi connectivity index (χ1n) is 12.8. The smallest absolute Gasteiger partial charge is 0.276 e. The number of anilines is 1. The van der Waals surface area contributed by atoms with Crippen molar-refractivity contribution >= 4 is 50.2 Å². The zero-order valence-electron chi connectivity index (χ0n) is 21.4. The number of fused-ring (bicyclic) bond motifs is 1. The molecular weight excluding hydrogens is 512 g/mol. The van der Waals surface area contributed by atoms with Crippen LogP contribution in [-0.2, 0) is 5.54 Å². The molecule has 2 atom stereocenters. The highest BCUT2D eigenvalue weighted by Crippen LogP contribution is 2.33. The lowest BCUT2D eigenvalue weighted by atomic mass is 9.91. The van der Waals surface area contributed by atoms with Crippen molar-refractivity contribution in [1.29, 1.82) is 0 Å². The summed E-state index contributed by atoms with van der Waals surface area (Å²) in [5, 5.41) is 18.9. The summed E-state index contributed by atoms with van der Waals surface area (Å²) in [5.41, 5.74) is 0.957. The predicted octanol–water partition coefficient (Wildman–Crippen LogP) is 4.21. The fraction of sp³-hybridized carbons (Fsp3) is 0.538. The lowest BCUT2D eigenvalue weighted by Gasteiger charge is -2.42. The van der Waals surface area contributed by atoms with Gasteiger partial charge in [-0.2, -0.15) is 10.1 Å². The molecule has 2 amide bonds. The highest BCUT2D eigenvalue weighted by Gasteiger charge is 2.34. The summed E-state index contributed by atoms with van der Waals surface area (Å²) in [6.07, 6.45) is 3.81. The van der Waals surface area contributed by atoms with Crippen LogP contribution in [0, 0.1) is 0 Å². The van der Waals surface area contributed by atoms with Gasteiger partial charge < -0.3 is 10.0 Å². The fourth-order valence-electron chi connectivity index (χ4n) is 5.19. The number of amides is 2. The zero-order chi connectivity index (χ0) is 26.3. The Labute approximate surface area is 225 Å². The molecule has 2 aromatic heterocycles. The van der Waals surface area contributed by atoms with Gasteiger partial charge >= 0.3 is 0 Å². The third-order valence-corrected chi connectivity index (χ3v) is 8.34. The lowest BCUT2D eigenvalue weighted by molar-refractivity contribution is -0.00181. The van der Waals surface area contributed by atoms with Crippen LogP contribution in [0.2, 0.25) is 5.02 Å². The van der Waals surface area contributed by atoms with Crippen LogP contribution in [-0.4, -0.2) is 79.8 Å². The first-order valence-corrected chi connectivity index (χ1v) is 14.0. The van der Waals surface area contributed by atoms with E-state index in [-0.39, 0.29) is 24.0 Å². The van der Waals surface area contributed by atoms with Crippen LogP contribution in [0.3, 0.4) is 0 Å². The van der Waals surface area contributed by atoms with Gasteiger partial charge in [0.1, 0.15) is 4.70 Å². The van der Waals surface area contributed by atoms with Gasteiger partial charge in [0.25, 0.3) is 11.8 Å². The molecule has 1 saturated heterocycles. The summed E-state index contributed by atoms with van der Waals surface area (Å²) >= 11 is 7.29. The first kappa shape index (κ1) is 26.1. The molecule has 0 radical (unpaired) electrons. The van der Waals surface area contributed by atoms with Crippen LogP contribution in [0.4, 0.5) is 5.13 Å². The Balaban J connectivity index is 1.37. The molecule has 2 fully saturated rings. The van der Waals surface area contributed by atoms with Crippen LogP contribution in [0.15, 0.2) is 24.3 Å². The molecule has 1 aliphatic carbocycles. The number of hydrogen-bond donors (Lipinski definition) is 2. The Morgan fingerprint density at radius 2 is 1.86 bits per heavy atom. The molecular formula is C26H33ClN6O3S. The molecule has 198 valence electrons. The van der Waals surface area contributed by atoms with Crippen molar-refractivity contribution in [3.8, 4) is 0 Å². The largest absolute Gasteiger partial charge is 0.391 e. The van der Waals surface area contributed by atoms with Gasteiger partial charge in [-0.1, -0.05) is 41.8 Å². The molecule has 1 aromatic carbocycles. The van der Waals surface area contributed by atoms with E-state index >= 15 is 0 Å². The van der Waals surface area contributed by atoms with E-state index in [0.29, 0.717) is 44.8 Å². The summed E-state index contributed by atoms with van der Waals surface area (Å²) in [6.45, 7) is 8.66. The number of nitrogens with one attached hydrogen (secondary N) is 1. The lowest BCUT2D eigenvalue weighted by Crippen LogP contribution is -2.55. The summed E-state index contributed by atoms with van der Waals surface area (Å²) < 4.78 is 2.42.